The Balaban J connectivity index is 2.57. The molecule has 0 atom stereocenters. The molecule has 0 unspecified atom stereocenters. The first-order valence-corrected chi connectivity index (χ1v) is 2.72. The van der Waals surface area contributed by atoms with Crippen LogP contribution < -0.4 is 0 Å². The Morgan fingerprint density at radius 2 is 2.43 bits per heavy atom. The van der Waals surface area contributed by atoms with Crippen molar-refractivity contribution in [1.82, 2.24) is 0 Å². The van der Waals surface area contributed by atoms with Crippen LogP contribution in [0.1, 0.15) is 6.92 Å². The van der Waals surface area contributed by atoms with E-state index in [1.54, 1.807) is 0 Å². The van der Waals surface area contributed by atoms with E-state index in [0.29, 0.717) is 0 Å². The summed E-state index contributed by atoms with van der Waals surface area (Å²) in [6.07, 6.45) is 0. The van der Waals surface area contributed by atoms with Crippen LogP contribution in [-0.4, -0.2) is 39.8 Å². The molecular weight excluding hydrogens is 78.1 g/mol. The minimum absolute atomic E-state index is 1.24. The van der Waals surface area contributed by atoms with Crippen molar-refractivity contribution in [3.05, 3.63) is 0 Å². The third-order valence-electron chi connectivity index (χ3n) is 1.22. The first-order valence-electron chi connectivity index (χ1n) is 2.72. The van der Waals surface area contributed by atoms with Crippen LogP contribution in [0.3, 0.4) is 0 Å². The fraction of sp³-hybridized carbons (Fsp3) is 0.500. The topological polar surface area (TPSA) is 0 Å². The number of hydrogen-bond acceptors (Lipinski definition) is 0. The van der Waals surface area contributed by atoms with E-state index in [1.807, 2.05) is 0 Å². The van der Waals surface area contributed by atoms with E-state index in [1.165, 1.54) is 19.6 Å². The van der Waals surface area contributed by atoms with Crippen molar-refractivity contribution in [2.45, 2.75) is 6.92 Å². The van der Waals surface area contributed by atoms with Crippen molar-refractivity contribution in [3.8, 4) is 0 Å². The minimum atomic E-state index is 1.24. The van der Waals surface area contributed by atoms with Crippen molar-refractivity contribution >= 4 is 39.8 Å². The molecule has 5 heteroatoms. The molecule has 1 heterocycles. The van der Waals surface area contributed by atoms with Crippen LogP contribution in [0.5, 0.6) is 0 Å². The van der Waals surface area contributed by atoms with Crippen LogP contribution in [0.15, 0.2) is 0 Å². The average Bonchev–Trinajstić information content (AvgIpc) is 1.69. The van der Waals surface area contributed by atoms with Gasteiger partial charge < -0.3 is 0 Å². The Kier molecular flexibility index (Phi) is 1.90. The van der Waals surface area contributed by atoms with Gasteiger partial charge in [0, 0.05) is 0 Å². The van der Waals surface area contributed by atoms with E-state index in [4.69, 9.17) is 0 Å². The second-order valence-electron chi connectivity index (χ2n) is 1.98. The SMILES string of the molecule is CC1=BB=BBB1. The molecule has 1 aliphatic heterocycles. The van der Waals surface area contributed by atoms with Gasteiger partial charge in [0.15, 0.2) is 0 Å². The van der Waals surface area contributed by atoms with Crippen LogP contribution in [0.25, 0.3) is 0 Å². The van der Waals surface area contributed by atoms with E-state index in [0.717, 1.165) is 0 Å². The summed E-state index contributed by atoms with van der Waals surface area (Å²) >= 11 is 0. The molecule has 28 valence electrons. The van der Waals surface area contributed by atoms with Gasteiger partial charge in [0.25, 0.3) is 0 Å². The summed E-state index contributed by atoms with van der Waals surface area (Å²) in [4.78, 5) is 0. The Bertz CT molecular complexity index is 113. The Hall–Kier alpha value is 0.195. The molecule has 1 rings (SSSR count). The van der Waals surface area contributed by atoms with Crippen LogP contribution in [0.4, 0.5) is 0 Å². The third kappa shape index (κ3) is 1.62. The summed E-state index contributed by atoms with van der Waals surface area (Å²) in [5.41, 5.74) is 0. The zero-order valence-corrected chi connectivity index (χ0v) is 4.65. The zero-order valence-electron chi connectivity index (χ0n) is 4.65. The summed E-state index contributed by atoms with van der Waals surface area (Å²) in [5, 5.41) is 1.50. The molecule has 0 aromatic rings. The first-order chi connectivity index (χ1) is 3.39. The molecular formula is C2H5B5. The second-order valence-corrected chi connectivity index (χ2v) is 1.98. The van der Waals surface area contributed by atoms with Crippen LogP contribution in [0.2, 0.25) is 0 Å². The van der Waals surface area contributed by atoms with E-state index in [-0.39, 0.29) is 0 Å². The van der Waals surface area contributed by atoms with E-state index in [2.05, 4.69) is 27.1 Å². The van der Waals surface area contributed by atoms with Gasteiger partial charge in [-0.3, -0.25) is 0 Å². The fourth-order valence-corrected chi connectivity index (χ4v) is 0.723. The van der Waals surface area contributed by atoms with Crippen molar-refractivity contribution in [3.63, 3.8) is 0 Å². The van der Waals surface area contributed by atoms with Gasteiger partial charge >= 0.3 is 46.7 Å². The van der Waals surface area contributed by atoms with E-state index < -0.39 is 0 Å². The zero-order chi connectivity index (χ0) is 5.11. The van der Waals surface area contributed by atoms with Gasteiger partial charge in [-0.1, -0.05) is 0 Å². The van der Waals surface area contributed by atoms with Gasteiger partial charge in [-0.25, -0.2) is 0 Å². The van der Waals surface area contributed by atoms with Gasteiger partial charge in [0.05, 0.1) is 0 Å². The van der Waals surface area contributed by atoms with E-state index in [9.17, 15) is 0 Å². The number of hydrogen-bond donors (Lipinski definition) is 0. The molecule has 0 saturated carbocycles. The summed E-state index contributed by atoms with van der Waals surface area (Å²) in [6.45, 7) is 8.67. The third-order valence-corrected chi connectivity index (χ3v) is 1.22. The predicted molar refractivity (Wildman–Crippen MR) is 42.2 cm³/mol. The van der Waals surface area contributed by atoms with Crippen molar-refractivity contribution in [2.24, 2.45) is 0 Å². The predicted octanol–water partition coefficient (Wildman–Crippen LogP) is -2.20. The molecule has 0 amide bonds. The summed E-state index contributed by atoms with van der Waals surface area (Å²) in [6, 6.07) is 0. The second kappa shape index (κ2) is 2.49. The standard InChI is InChI=1S/C2H5B5/c1-2-3-5-7-6-4-2/h3,5H,1H3. The molecule has 0 radical (unpaired) electrons. The Labute approximate surface area is 47.5 Å². The summed E-state index contributed by atoms with van der Waals surface area (Å²) in [7, 11) is 2.50. The molecule has 0 bridgehead atoms. The molecule has 0 aromatic heterocycles. The van der Waals surface area contributed by atoms with Crippen LogP contribution in [-0.2, 0) is 0 Å². The van der Waals surface area contributed by atoms with Crippen molar-refractivity contribution in [2.75, 3.05) is 0 Å². The van der Waals surface area contributed by atoms with E-state index >= 15 is 0 Å². The molecule has 0 aromatic carbocycles. The normalized spacial score (nSPS) is 13.6. The van der Waals surface area contributed by atoms with Crippen LogP contribution in [0, 0.1) is 0 Å². The van der Waals surface area contributed by atoms with Gasteiger partial charge in [-0.15, -0.1) is 0 Å². The Morgan fingerprint density at radius 1 is 1.57 bits per heavy atom. The molecule has 7 heavy (non-hydrogen) atoms. The first kappa shape index (κ1) is 5.33. The van der Waals surface area contributed by atoms with Gasteiger partial charge in [0.1, 0.15) is 0 Å². The van der Waals surface area contributed by atoms with Crippen LogP contribution >= 0.6 is 0 Å². The average molecular weight is 83.1 g/mol. The van der Waals surface area contributed by atoms with Crippen molar-refractivity contribution < 1.29 is 0 Å². The molecule has 0 spiro atoms. The maximum absolute atomic E-state index is 2.20. The molecule has 0 fully saturated rings. The maximum atomic E-state index is 2.20. The molecule has 1 aliphatic rings. The monoisotopic (exact) mass is 84.1 g/mol. The summed E-state index contributed by atoms with van der Waals surface area (Å²) in [5.74, 6) is 0. The quantitative estimate of drug-likeness (QED) is 0.291. The molecule has 0 aliphatic carbocycles. The van der Waals surface area contributed by atoms with Crippen molar-refractivity contribution in [1.29, 1.82) is 0 Å². The summed E-state index contributed by atoms with van der Waals surface area (Å²) < 4.78 is 0. The molecule has 0 saturated heterocycles. The molecule has 0 N–H and O–H groups in total. The molecule has 0 nitrogen and oxygen atoms in total. The Morgan fingerprint density at radius 3 is 2.71 bits per heavy atom. The number of rotatable bonds is 0. The van der Waals surface area contributed by atoms with Gasteiger partial charge in [-0.2, -0.15) is 0 Å². The van der Waals surface area contributed by atoms with Gasteiger partial charge in [-0.05, 0) is 0 Å². The fourth-order valence-electron chi connectivity index (χ4n) is 0.723. The van der Waals surface area contributed by atoms with Gasteiger partial charge in [0.2, 0.25) is 0 Å².